The van der Waals surface area contributed by atoms with Crippen molar-refractivity contribution >= 4 is 52.5 Å². The zero-order valence-corrected chi connectivity index (χ0v) is 10.4. The minimum absolute atomic E-state index is 0. The van der Waals surface area contributed by atoms with Crippen LogP contribution in [0.2, 0.25) is 0 Å². The molecule has 0 bridgehead atoms. The average molecular weight is 247 g/mol. The van der Waals surface area contributed by atoms with Gasteiger partial charge in [-0.1, -0.05) is 0 Å². The third kappa shape index (κ3) is 5.66. The van der Waals surface area contributed by atoms with Crippen molar-refractivity contribution < 1.29 is 29.6 Å². The summed E-state index contributed by atoms with van der Waals surface area (Å²) in [6.07, 6.45) is 0.475. The predicted molar refractivity (Wildman–Crippen MR) is 40.4 cm³/mol. The van der Waals surface area contributed by atoms with Crippen molar-refractivity contribution in [3.05, 3.63) is 0 Å². The van der Waals surface area contributed by atoms with Gasteiger partial charge in [0.25, 0.3) is 0 Å². The van der Waals surface area contributed by atoms with Crippen molar-refractivity contribution in [2.45, 2.75) is 11.1 Å². The van der Waals surface area contributed by atoms with Crippen LogP contribution in [0, 0.1) is 0 Å². The number of halogens is 3. The Kier molecular flexibility index (Phi) is 13.4. The van der Waals surface area contributed by atoms with Gasteiger partial charge in [0, 0.05) is 7.05 Å². The van der Waals surface area contributed by atoms with E-state index in [0.717, 1.165) is 0 Å². The fraction of sp³-hybridized carbons (Fsp3) is 0.750. The summed E-state index contributed by atoms with van der Waals surface area (Å²) in [4.78, 5) is 10.6. The Morgan fingerprint density at radius 1 is 1.64 bits per heavy atom. The van der Waals surface area contributed by atoms with Gasteiger partial charge in [-0.25, -0.2) is 0 Å². The second kappa shape index (κ2) is 8.07. The van der Waals surface area contributed by atoms with Crippen molar-refractivity contribution in [3.8, 4) is 0 Å². The van der Waals surface area contributed by atoms with E-state index >= 15 is 0 Å². The van der Waals surface area contributed by atoms with Gasteiger partial charge in [-0.2, -0.15) is 0 Å². The van der Waals surface area contributed by atoms with Gasteiger partial charge in [0.1, 0.15) is 4.71 Å². The number of rotatable bonds is 0. The van der Waals surface area contributed by atoms with E-state index in [1.165, 1.54) is 11.9 Å². The van der Waals surface area contributed by atoms with Gasteiger partial charge < -0.3 is 24.8 Å². The number of hydrogen-bond donors (Lipinski definition) is 0. The van der Waals surface area contributed by atoms with Crippen LogP contribution in [-0.2, 0) is 4.79 Å². The number of carbonyl (C=O) groups is 1. The maximum atomic E-state index is 10.6. The number of nitrogens with zero attached hydrogens (tertiary/aromatic N) is 1. The van der Waals surface area contributed by atoms with E-state index < -0.39 is 0 Å². The summed E-state index contributed by atoms with van der Waals surface area (Å²) < 4.78 is 1.53. The van der Waals surface area contributed by atoms with Crippen LogP contribution in [0.1, 0.15) is 6.42 Å². The summed E-state index contributed by atoms with van der Waals surface area (Å²) in [5, 5.41) is 0. The van der Waals surface area contributed by atoms with Crippen molar-refractivity contribution in [1.29, 1.82) is 0 Å². The first kappa shape index (κ1) is 18.3. The molecule has 1 amide bonds. The fourth-order valence-electron chi connectivity index (χ4n) is 0.533. The first-order chi connectivity index (χ1) is 3.70. The maximum absolute atomic E-state index is 10.6. The van der Waals surface area contributed by atoms with E-state index in [2.05, 4.69) is 0 Å². The second-order valence-corrected chi connectivity index (χ2v) is 3.72. The molecule has 1 saturated heterocycles. The zero-order valence-electron chi connectivity index (χ0n) is 5.89. The Labute approximate surface area is 104 Å². The second-order valence-electron chi connectivity index (χ2n) is 1.61. The first-order valence-electron chi connectivity index (χ1n) is 2.27. The van der Waals surface area contributed by atoms with Gasteiger partial charge in [0.05, 0.1) is 6.42 Å². The van der Waals surface area contributed by atoms with Crippen molar-refractivity contribution in [2.75, 3.05) is 7.05 Å². The Morgan fingerprint density at radius 2 is 2.09 bits per heavy atom. The molecular weight excluding hydrogens is 241 g/mol. The smallest absolute Gasteiger partial charge is 1.00 e. The molecule has 1 rings (SSSR count). The summed E-state index contributed by atoms with van der Waals surface area (Å²) in [5.41, 5.74) is 0. The molecule has 1 aliphatic rings. The molecular formula is C4H6Cl3MgNOS. The predicted octanol–water partition coefficient (Wildman–Crippen LogP) is -5.31. The minimum Gasteiger partial charge on any atom is -1.00 e. The Morgan fingerprint density at radius 3 is 2.18 bits per heavy atom. The zero-order chi connectivity index (χ0) is 6.15. The average Bonchev–Trinajstić information content (AvgIpc) is 1.85. The number of hydrogen-bond acceptors (Lipinski definition) is 2. The minimum atomic E-state index is -0.0347. The van der Waals surface area contributed by atoms with Crippen LogP contribution in [0.3, 0.4) is 0 Å². The van der Waals surface area contributed by atoms with Gasteiger partial charge in [-0.15, -0.1) is 11.6 Å². The van der Waals surface area contributed by atoms with E-state index in [4.69, 9.17) is 11.6 Å². The molecule has 0 aliphatic carbocycles. The molecule has 11 heavy (non-hydrogen) atoms. The molecule has 0 spiro atoms. The fourth-order valence-corrected chi connectivity index (χ4v) is 1.78. The van der Waals surface area contributed by atoms with Gasteiger partial charge in [0.15, 0.2) is 0 Å². The first-order valence-corrected chi connectivity index (χ1v) is 3.55. The summed E-state index contributed by atoms with van der Waals surface area (Å²) in [6, 6.07) is 0. The van der Waals surface area contributed by atoms with Crippen LogP contribution in [0.25, 0.3) is 0 Å². The van der Waals surface area contributed by atoms with Crippen LogP contribution in [0.5, 0.6) is 0 Å². The van der Waals surface area contributed by atoms with Gasteiger partial charge in [-0.3, -0.25) is 9.10 Å². The van der Waals surface area contributed by atoms with E-state index in [9.17, 15) is 4.79 Å². The molecule has 0 N–H and O–H groups in total. The Bertz CT molecular complexity index is 128. The van der Waals surface area contributed by atoms with Gasteiger partial charge >= 0.3 is 23.1 Å². The molecule has 1 unspecified atom stereocenters. The molecule has 7 heteroatoms. The monoisotopic (exact) mass is 245 g/mol. The van der Waals surface area contributed by atoms with Crippen LogP contribution >= 0.6 is 23.5 Å². The van der Waals surface area contributed by atoms with Crippen molar-refractivity contribution in [3.63, 3.8) is 0 Å². The third-order valence-electron chi connectivity index (χ3n) is 0.959. The van der Waals surface area contributed by atoms with Gasteiger partial charge in [-0.05, 0) is 11.9 Å². The summed E-state index contributed by atoms with van der Waals surface area (Å²) >= 11 is 6.98. The molecule has 62 valence electrons. The summed E-state index contributed by atoms with van der Waals surface area (Å²) in [7, 11) is 1.73. The number of carbonyl (C=O) groups excluding carboxylic acids is 1. The van der Waals surface area contributed by atoms with E-state index in [1.54, 1.807) is 11.4 Å². The van der Waals surface area contributed by atoms with Crippen LogP contribution in [0.4, 0.5) is 0 Å². The van der Waals surface area contributed by atoms with Crippen LogP contribution in [0.15, 0.2) is 0 Å². The molecule has 0 saturated carbocycles. The maximum Gasteiger partial charge on any atom is 2.00 e. The van der Waals surface area contributed by atoms with Gasteiger partial charge in [0.2, 0.25) is 5.91 Å². The molecule has 0 radical (unpaired) electrons. The molecule has 1 atom stereocenters. The topological polar surface area (TPSA) is 20.3 Å². The molecule has 1 heterocycles. The molecule has 0 aromatic rings. The molecule has 1 aliphatic heterocycles. The Balaban J connectivity index is -0.000000213. The molecule has 0 aromatic carbocycles. The quantitative estimate of drug-likeness (QED) is 0.242. The number of amides is 1. The molecule has 2 nitrogen and oxygen atoms in total. The standard InChI is InChI=1S/C4H6ClNOS.2ClH.Mg/c1-6-4(7)2-3(5)8-6;;;/h3H,2H2,1H3;2*1H;/q;;;+2/p-2. The molecule has 0 aromatic heterocycles. The SMILES string of the molecule is CN1SC(Cl)CC1=O.[Cl-].[Cl-].[Mg+2]. The summed E-state index contributed by atoms with van der Waals surface area (Å²) in [6.45, 7) is 0. The van der Waals surface area contributed by atoms with E-state index in [-0.39, 0.29) is 58.5 Å². The largest absolute Gasteiger partial charge is 2.00 e. The Hall–Kier alpha value is 1.46. The van der Waals surface area contributed by atoms with Crippen molar-refractivity contribution in [2.24, 2.45) is 0 Å². The molecule has 1 fully saturated rings. The third-order valence-corrected chi connectivity index (χ3v) is 2.27. The van der Waals surface area contributed by atoms with E-state index in [1.807, 2.05) is 0 Å². The van der Waals surface area contributed by atoms with Crippen LogP contribution in [-0.4, -0.2) is 45.0 Å². The number of alkyl halides is 1. The van der Waals surface area contributed by atoms with E-state index in [0.29, 0.717) is 6.42 Å². The normalized spacial score (nSPS) is 21.5. The van der Waals surface area contributed by atoms with Crippen LogP contribution < -0.4 is 24.8 Å². The summed E-state index contributed by atoms with van der Waals surface area (Å²) in [5.74, 6) is 0.120. The van der Waals surface area contributed by atoms with Crippen molar-refractivity contribution in [1.82, 2.24) is 4.31 Å².